The van der Waals surface area contributed by atoms with Crippen LogP contribution in [0.15, 0.2) is 251 Å². The molecule has 1 aliphatic carbocycles. The number of benzene rings is 11. The molecule has 0 fully saturated rings. The monoisotopic (exact) mass is 1120 g/mol. The maximum atomic E-state index is 11.5. The lowest BCUT2D eigenvalue weighted by Gasteiger charge is -2.34. The summed E-state index contributed by atoms with van der Waals surface area (Å²) < 4.78 is 21.8. The minimum Gasteiger partial charge on any atom is -0.490 e. The molecule has 0 saturated heterocycles. The van der Waals surface area contributed by atoms with Crippen LogP contribution in [0.2, 0.25) is 0 Å². The molecular weight excluding hydrogens is 1060 g/mol. The Kier molecular flexibility index (Phi) is 15.1. The van der Waals surface area contributed by atoms with Crippen LogP contribution < -0.4 is 9.47 Å². The van der Waals surface area contributed by atoms with Crippen molar-refractivity contribution in [1.29, 1.82) is 0 Å². The Labute approximate surface area is 492 Å². The van der Waals surface area contributed by atoms with Gasteiger partial charge >= 0.3 is 11.9 Å². The zero-order valence-electron chi connectivity index (χ0n) is 45.8. The number of hydrogen-bond donors (Lipinski definition) is 2. The predicted octanol–water partition coefficient (Wildman–Crippen LogP) is 17.4. The van der Waals surface area contributed by atoms with E-state index in [0.29, 0.717) is 11.5 Å². The molecule has 0 bridgehead atoms. The molecule has 0 radical (unpaired) electrons. The van der Waals surface area contributed by atoms with E-state index < -0.39 is 17.4 Å². The highest BCUT2D eigenvalue weighted by atomic mass is 32.1. The van der Waals surface area contributed by atoms with Crippen LogP contribution in [0.3, 0.4) is 0 Å². The van der Waals surface area contributed by atoms with Crippen molar-refractivity contribution in [2.45, 2.75) is 29.1 Å². The number of rotatable bonds is 17. The summed E-state index contributed by atoms with van der Waals surface area (Å²) in [5.41, 5.74) is 13.3. The third-order valence-corrected chi connectivity index (χ3v) is 16.2. The molecule has 0 unspecified atom stereocenters. The second-order valence-corrected chi connectivity index (χ2v) is 21.5. The average Bonchev–Trinajstić information content (AvgIpc) is 3.14. The summed E-state index contributed by atoms with van der Waals surface area (Å²) in [6.07, 6.45) is 2.27. The highest BCUT2D eigenvalue weighted by molar-refractivity contribution is 7.80. The number of fused-ring (bicyclic) bond motifs is 7. The van der Waals surface area contributed by atoms with Crippen molar-refractivity contribution in [1.82, 2.24) is 0 Å². The lowest BCUT2D eigenvalue weighted by atomic mass is 9.67. The molecule has 0 atom stereocenters. The lowest BCUT2D eigenvalue weighted by molar-refractivity contribution is -0.139. The van der Waals surface area contributed by atoms with E-state index in [-0.39, 0.29) is 26.4 Å². The maximum absolute atomic E-state index is 11.5. The Morgan fingerprint density at radius 3 is 1.40 bits per heavy atom. The molecule has 406 valence electrons. The number of carbonyl (C=O) groups is 2. The number of nitrogens with zero attached hydrogens (tertiary/aromatic N) is 2. The normalized spacial score (nSPS) is 13.9. The molecule has 1 aliphatic rings. The van der Waals surface area contributed by atoms with Crippen LogP contribution in [0, 0.1) is 0 Å². The molecule has 0 spiro atoms. The van der Waals surface area contributed by atoms with Gasteiger partial charge in [0.25, 0.3) is 0 Å². The van der Waals surface area contributed by atoms with Gasteiger partial charge in [-0.25, -0.2) is 9.59 Å². The zero-order chi connectivity index (χ0) is 57.2. The molecule has 0 N–H and O–H groups in total. The number of aliphatic imine (C=N–C) groups is 2. The van der Waals surface area contributed by atoms with E-state index in [0.717, 1.165) is 133 Å². The molecule has 0 amide bonds. The van der Waals surface area contributed by atoms with E-state index in [2.05, 4.69) is 183 Å². The van der Waals surface area contributed by atoms with Crippen LogP contribution in [0.4, 0.5) is 11.4 Å². The minimum atomic E-state index is -0.825. The number of hydrogen-bond acceptors (Lipinski definition) is 10. The third kappa shape index (κ3) is 10.8. The molecule has 11 aromatic carbocycles. The van der Waals surface area contributed by atoms with Crippen molar-refractivity contribution in [3.05, 3.63) is 265 Å². The Morgan fingerprint density at radius 2 is 0.867 bits per heavy atom. The second-order valence-electron chi connectivity index (χ2n) is 20.5. The molecule has 10 heteroatoms. The highest BCUT2D eigenvalue weighted by Crippen LogP contribution is 2.58. The van der Waals surface area contributed by atoms with Crippen LogP contribution in [-0.2, 0) is 24.5 Å². The SMILES string of the molecule is C=CC(=O)OCCOc1ccc2cc(/C(C)=N/c3ccc(C4(c5ccc(/N=C(\C)c6ccc7cc(OCCOC(=O)C=C)ccc7c6)c(S)c5)c5ccc(-c6ccc7ccccc7c6)cc5-c5cc6ccccc6cc54)cc3S)ccc2c1. The summed E-state index contributed by atoms with van der Waals surface area (Å²) in [7, 11) is 0. The summed E-state index contributed by atoms with van der Waals surface area (Å²) in [5, 5.41) is 8.79. The standard InChI is InChI=1S/C73H56N2O6S2/c1-5-71(76)80-33-31-78-61-26-21-54-35-48(16-19-56(54)38-61)45(3)74-67-29-24-59(43-69(67)82)73(60-25-30-68(70(83)44-60)75-46(4)49-17-20-57-39-62(27-22-55(57)36-49)79-32-34-81-72(77)6-2)65-28-23-58(53-18-15-47-11-7-8-12-50(47)37-53)41-63(65)64-40-51-13-9-10-14-52(51)42-66(64)73/h5-30,35-44,82-83H,1-2,31-34H2,3-4H3/b74-45+,75-46+. The van der Waals surface area contributed by atoms with Crippen molar-refractivity contribution in [3.63, 3.8) is 0 Å². The number of ether oxygens (including phenoxy) is 4. The van der Waals surface area contributed by atoms with Gasteiger partial charge in [0.2, 0.25) is 0 Å². The van der Waals surface area contributed by atoms with Gasteiger partial charge in [-0.1, -0.05) is 134 Å². The van der Waals surface area contributed by atoms with Crippen molar-refractivity contribution in [2.75, 3.05) is 26.4 Å². The number of thiol groups is 2. The molecule has 12 rings (SSSR count). The second kappa shape index (κ2) is 23.2. The lowest BCUT2D eigenvalue weighted by Crippen LogP contribution is -2.28. The first-order valence-corrected chi connectivity index (χ1v) is 28.2. The first kappa shape index (κ1) is 54.1. The summed E-state index contributed by atoms with van der Waals surface area (Å²) in [6, 6.07) is 72.8. The Balaban J connectivity index is 0.933. The molecule has 0 aliphatic heterocycles. The van der Waals surface area contributed by atoms with Crippen LogP contribution in [0.5, 0.6) is 11.5 Å². The molecule has 11 aromatic rings. The molecule has 8 nitrogen and oxygen atoms in total. The van der Waals surface area contributed by atoms with E-state index in [1.807, 2.05) is 50.2 Å². The fourth-order valence-corrected chi connectivity index (χ4v) is 11.9. The predicted molar refractivity (Wildman–Crippen MR) is 344 cm³/mol. The third-order valence-electron chi connectivity index (χ3n) is 15.5. The molecule has 0 saturated carbocycles. The molecule has 0 aromatic heterocycles. The maximum Gasteiger partial charge on any atom is 0.330 e. The van der Waals surface area contributed by atoms with E-state index in [1.54, 1.807) is 0 Å². The first-order chi connectivity index (χ1) is 40.4. The van der Waals surface area contributed by atoms with Gasteiger partial charge in [0.1, 0.15) is 37.9 Å². The van der Waals surface area contributed by atoms with Crippen molar-refractivity contribution in [2.24, 2.45) is 9.98 Å². The quantitative estimate of drug-likeness (QED) is 0.0310. The number of esters is 2. The smallest absolute Gasteiger partial charge is 0.330 e. The Hall–Kier alpha value is -9.48. The van der Waals surface area contributed by atoms with Gasteiger partial charge in [-0.05, 0) is 198 Å². The van der Waals surface area contributed by atoms with Crippen LogP contribution in [-0.4, -0.2) is 49.8 Å². The minimum absolute atomic E-state index is 0.133. The van der Waals surface area contributed by atoms with E-state index in [9.17, 15) is 9.59 Å². The van der Waals surface area contributed by atoms with Gasteiger partial charge in [-0.15, -0.1) is 25.3 Å². The van der Waals surface area contributed by atoms with Gasteiger partial charge in [0, 0.05) is 33.4 Å². The summed E-state index contributed by atoms with van der Waals surface area (Å²) >= 11 is 10.5. The fraction of sp³-hybridized carbons (Fsp3) is 0.0959. The van der Waals surface area contributed by atoms with Crippen LogP contribution in [0.25, 0.3) is 65.3 Å². The van der Waals surface area contributed by atoms with Gasteiger partial charge in [0.15, 0.2) is 0 Å². The van der Waals surface area contributed by atoms with Gasteiger partial charge in [-0.2, -0.15) is 0 Å². The molecule has 83 heavy (non-hydrogen) atoms. The highest BCUT2D eigenvalue weighted by Gasteiger charge is 2.47. The van der Waals surface area contributed by atoms with E-state index in [4.69, 9.17) is 54.2 Å². The summed E-state index contributed by atoms with van der Waals surface area (Å²) in [6.45, 7) is 11.7. The zero-order valence-corrected chi connectivity index (χ0v) is 47.6. The van der Waals surface area contributed by atoms with E-state index >= 15 is 0 Å². The Bertz CT molecular complexity index is 4330. The van der Waals surface area contributed by atoms with Crippen molar-refractivity contribution >= 4 is 103 Å². The van der Waals surface area contributed by atoms with Crippen LogP contribution in [0.1, 0.15) is 47.2 Å². The van der Waals surface area contributed by atoms with Gasteiger partial charge in [-0.3, -0.25) is 9.98 Å². The molecule has 0 heterocycles. The fourth-order valence-electron chi connectivity index (χ4n) is 11.3. The Morgan fingerprint density at radius 1 is 0.434 bits per heavy atom. The topological polar surface area (TPSA) is 95.8 Å². The number of carbonyl (C=O) groups excluding carboxylic acids is 2. The van der Waals surface area contributed by atoms with Crippen molar-refractivity contribution in [3.8, 4) is 33.8 Å². The van der Waals surface area contributed by atoms with E-state index in [1.165, 1.54) is 10.8 Å². The summed E-state index contributed by atoms with van der Waals surface area (Å²) in [4.78, 5) is 34.8. The van der Waals surface area contributed by atoms with Gasteiger partial charge in [0.05, 0.1) is 16.8 Å². The van der Waals surface area contributed by atoms with Crippen LogP contribution >= 0.6 is 25.3 Å². The largest absolute Gasteiger partial charge is 0.490 e. The van der Waals surface area contributed by atoms with Crippen molar-refractivity contribution < 1.29 is 28.5 Å². The van der Waals surface area contributed by atoms with Gasteiger partial charge < -0.3 is 18.9 Å². The summed E-state index contributed by atoms with van der Waals surface area (Å²) in [5.74, 6) is 0.410. The molecular formula is C73H56N2O6S2. The first-order valence-electron chi connectivity index (χ1n) is 27.3. The average molecular weight is 1120 g/mol.